The molecule has 1 aliphatic heterocycles. The van der Waals surface area contributed by atoms with Gasteiger partial charge in [0.2, 0.25) is 4.87 Å². The lowest BCUT2D eigenvalue weighted by Gasteiger charge is -2.45. The van der Waals surface area contributed by atoms with E-state index < -0.39 is 23.0 Å². The van der Waals surface area contributed by atoms with Crippen LogP contribution in [0.15, 0.2) is 91.0 Å². The van der Waals surface area contributed by atoms with Crippen LogP contribution in [0.3, 0.4) is 0 Å². The molecular formula is C29H31N4O5S+. The van der Waals surface area contributed by atoms with Crippen LogP contribution in [0.2, 0.25) is 0 Å². The molecule has 3 aromatic carbocycles. The lowest BCUT2D eigenvalue weighted by atomic mass is 10.0. The Morgan fingerprint density at radius 3 is 1.90 bits per heavy atom. The Bertz CT molecular complexity index is 1350. The third kappa shape index (κ3) is 5.33. The van der Waals surface area contributed by atoms with E-state index in [-0.39, 0.29) is 19.2 Å². The quantitative estimate of drug-likeness (QED) is 0.353. The molecule has 3 amide bonds. The van der Waals surface area contributed by atoms with Crippen molar-refractivity contribution >= 4 is 42.4 Å². The van der Waals surface area contributed by atoms with Crippen LogP contribution in [0.1, 0.15) is 25.0 Å². The van der Waals surface area contributed by atoms with Crippen LogP contribution in [-0.2, 0) is 25.7 Å². The molecule has 0 aliphatic carbocycles. The monoisotopic (exact) mass is 547 g/mol. The summed E-state index contributed by atoms with van der Waals surface area (Å²) in [5, 5.41) is 1.98. The summed E-state index contributed by atoms with van der Waals surface area (Å²) in [6.45, 7) is 3.66. The number of rotatable bonds is 6. The lowest BCUT2D eigenvalue weighted by molar-refractivity contribution is -0.521. The van der Waals surface area contributed by atoms with Crippen molar-refractivity contribution in [3.8, 4) is 0 Å². The second-order valence-electron chi connectivity index (χ2n) is 8.68. The number of amides is 3. The van der Waals surface area contributed by atoms with Gasteiger partial charge >= 0.3 is 24.1 Å². The fraction of sp³-hybridized carbons (Fsp3) is 0.241. The molecule has 1 aliphatic rings. The Morgan fingerprint density at radius 1 is 0.821 bits per heavy atom. The largest absolute Gasteiger partial charge is 0.501 e. The van der Waals surface area contributed by atoms with E-state index in [2.05, 4.69) is 0 Å². The lowest BCUT2D eigenvalue weighted by Crippen LogP contribution is -2.74. The SMILES string of the molecule is CCOC(=O)N1C(=[N+](C)Cc2ccccc2)N(c2ccccc2)C(=O)C(S)(c2ccccc2)N1C(=O)OCC. The second kappa shape index (κ2) is 12.0. The van der Waals surface area contributed by atoms with Crippen LogP contribution in [0, 0.1) is 0 Å². The molecule has 1 unspecified atom stereocenters. The minimum Gasteiger partial charge on any atom is -0.448 e. The Labute approximate surface area is 233 Å². The number of hydrogen-bond acceptors (Lipinski definition) is 6. The van der Waals surface area contributed by atoms with Crippen molar-refractivity contribution in [3.63, 3.8) is 0 Å². The number of benzene rings is 3. The van der Waals surface area contributed by atoms with Crippen molar-refractivity contribution < 1.29 is 28.4 Å². The summed E-state index contributed by atoms with van der Waals surface area (Å²) in [7, 11) is 1.73. The highest BCUT2D eigenvalue weighted by Gasteiger charge is 2.65. The Hall–Kier alpha value is -4.31. The number of carbonyl (C=O) groups is 3. The summed E-state index contributed by atoms with van der Waals surface area (Å²) in [5.74, 6) is -0.492. The summed E-state index contributed by atoms with van der Waals surface area (Å²) in [6, 6.07) is 27.0. The van der Waals surface area contributed by atoms with Gasteiger partial charge in [0.15, 0.2) is 0 Å². The van der Waals surface area contributed by atoms with Crippen molar-refractivity contribution in [2.45, 2.75) is 25.3 Å². The summed E-state index contributed by atoms with van der Waals surface area (Å²) < 4.78 is 12.5. The molecule has 9 nitrogen and oxygen atoms in total. The minimum atomic E-state index is -1.97. The fourth-order valence-electron chi connectivity index (χ4n) is 4.40. The predicted molar refractivity (Wildman–Crippen MR) is 150 cm³/mol. The highest BCUT2D eigenvalue weighted by atomic mass is 32.1. The predicted octanol–water partition coefficient (Wildman–Crippen LogP) is 4.85. The van der Waals surface area contributed by atoms with Crippen LogP contribution in [0.4, 0.5) is 15.3 Å². The van der Waals surface area contributed by atoms with Gasteiger partial charge in [-0.1, -0.05) is 78.9 Å². The highest BCUT2D eigenvalue weighted by molar-refractivity contribution is 7.82. The van der Waals surface area contributed by atoms with E-state index in [1.807, 2.05) is 36.4 Å². The molecule has 3 aromatic rings. The number of anilines is 1. The van der Waals surface area contributed by atoms with Gasteiger partial charge in [-0.2, -0.15) is 4.90 Å². The number of hydrazine groups is 1. The Balaban J connectivity index is 2.05. The van der Waals surface area contributed by atoms with Crippen molar-refractivity contribution in [1.82, 2.24) is 10.0 Å². The molecule has 0 radical (unpaired) electrons. The fourth-order valence-corrected chi connectivity index (χ4v) is 4.82. The molecule has 4 rings (SSSR count). The zero-order valence-corrected chi connectivity index (χ0v) is 23.0. The van der Waals surface area contributed by atoms with Crippen molar-refractivity contribution in [1.29, 1.82) is 0 Å². The third-order valence-corrected chi connectivity index (χ3v) is 6.71. The maximum absolute atomic E-state index is 14.6. The minimum absolute atomic E-state index is 0.0103. The van der Waals surface area contributed by atoms with E-state index in [1.54, 1.807) is 80.1 Å². The zero-order chi connectivity index (χ0) is 28.0. The first-order valence-corrected chi connectivity index (χ1v) is 13.0. The van der Waals surface area contributed by atoms with Crippen LogP contribution in [0.25, 0.3) is 0 Å². The molecule has 1 fully saturated rings. The summed E-state index contributed by atoms with van der Waals surface area (Å²) in [4.78, 5) is 41.4. The molecule has 1 heterocycles. The van der Waals surface area contributed by atoms with E-state index in [0.29, 0.717) is 17.8 Å². The maximum Gasteiger partial charge on any atom is 0.501 e. The van der Waals surface area contributed by atoms with Gasteiger partial charge in [-0.05, 0) is 36.6 Å². The Morgan fingerprint density at radius 2 is 1.33 bits per heavy atom. The molecule has 0 N–H and O–H groups in total. The first kappa shape index (κ1) is 27.7. The molecule has 1 atom stereocenters. The smallest absolute Gasteiger partial charge is 0.448 e. The molecule has 0 bridgehead atoms. The second-order valence-corrected chi connectivity index (χ2v) is 9.32. The number of hydrogen-bond donors (Lipinski definition) is 1. The molecule has 39 heavy (non-hydrogen) atoms. The number of nitrogens with zero attached hydrogens (tertiary/aromatic N) is 4. The zero-order valence-electron chi connectivity index (χ0n) is 22.1. The summed E-state index contributed by atoms with van der Waals surface area (Å²) >= 11 is 4.85. The van der Waals surface area contributed by atoms with Crippen LogP contribution in [0.5, 0.6) is 0 Å². The van der Waals surface area contributed by atoms with Crippen molar-refractivity contribution in [3.05, 3.63) is 102 Å². The summed E-state index contributed by atoms with van der Waals surface area (Å²) in [6.07, 6.45) is -1.81. The van der Waals surface area contributed by atoms with Gasteiger partial charge in [-0.15, -0.1) is 17.6 Å². The molecule has 1 saturated heterocycles. The molecule has 0 saturated carbocycles. The molecule has 10 heteroatoms. The number of guanidine groups is 1. The molecule has 0 spiro atoms. The topological polar surface area (TPSA) is 82.4 Å². The van der Waals surface area contributed by atoms with Gasteiger partial charge in [0, 0.05) is 5.56 Å². The number of ether oxygens (including phenoxy) is 2. The number of thiol groups is 1. The normalized spacial score (nSPS) is 18.6. The van der Waals surface area contributed by atoms with Crippen molar-refractivity contribution in [2.24, 2.45) is 0 Å². The maximum atomic E-state index is 14.6. The van der Waals surface area contributed by atoms with Gasteiger partial charge in [-0.25, -0.2) is 9.59 Å². The van der Waals surface area contributed by atoms with Gasteiger partial charge in [0.25, 0.3) is 0 Å². The molecule has 0 aromatic heterocycles. The number of para-hydroxylation sites is 1. The van der Waals surface area contributed by atoms with E-state index in [1.165, 1.54) is 4.90 Å². The van der Waals surface area contributed by atoms with Crippen LogP contribution in [-0.4, -0.2) is 58.9 Å². The van der Waals surface area contributed by atoms with E-state index in [4.69, 9.17) is 22.1 Å². The first-order valence-electron chi connectivity index (χ1n) is 12.6. The molecule has 202 valence electrons. The summed E-state index contributed by atoms with van der Waals surface area (Å²) in [5.41, 5.74) is 1.76. The van der Waals surface area contributed by atoms with Gasteiger partial charge in [0.1, 0.15) is 5.69 Å². The van der Waals surface area contributed by atoms with Gasteiger partial charge in [-0.3, -0.25) is 9.37 Å². The highest BCUT2D eigenvalue weighted by Crippen LogP contribution is 2.42. The van der Waals surface area contributed by atoms with Gasteiger partial charge in [0.05, 0.1) is 26.8 Å². The molecular weight excluding hydrogens is 516 g/mol. The Kier molecular flexibility index (Phi) is 8.55. The average molecular weight is 548 g/mol. The average Bonchev–Trinajstić information content (AvgIpc) is 2.95. The van der Waals surface area contributed by atoms with Crippen LogP contribution >= 0.6 is 12.6 Å². The van der Waals surface area contributed by atoms with E-state index in [9.17, 15) is 14.4 Å². The first-order chi connectivity index (χ1) is 18.8. The van der Waals surface area contributed by atoms with Crippen LogP contribution < -0.4 is 4.90 Å². The number of carbonyl (C=O) groups excluding carboxylic acids is 3. The third-order valence-electron chi connectivity index (χ3n) is 6.07. The van der Waals surface area contributed by atoms with Crippen molar-refractivity contribution in [2.75, 3.05) is 25.2 Å². The van der Waals surface area contributed by atoms with E-state index >= 15 is 0 Å². The standard InChI is InChI=1S/C29H30N4O5S/c1-4-37-27(35)32-26(30(3)21-22-15-9-6-10-16-22)31(24-19-13-8-14-20-24)25(34)29(39,23-17-11-7-12-18-23)33(32)28(36)38-5-2/h6-20H,4-5,21H2,1-3H3/p+1. The van der Waals surface area contributed by atoms with Gasteiger partial charge < -0.3 is 9.47 Å². The van der Waals surface area contributed by atoms with E-state index in [0.717, 1.165) is 15.6 Å².